The molecular weight excluding hydrogens is 148 g/mol. The molecule has 0 amide bonds. The van der Waals surface area contributed by atoms with Crippen molar-refractivity contribution >= 4 is 6.29 Å². The summed E-state index contributed by atoms with van der Waals surface area (Å²) in [5.41, 5.74) is 1.33. The Balaban J connectivity index is 3.39. The topological polar surface area (TPSA) is 17.1 Å². The lowest BCUT2D eigenvalue weighted by atomic mass is 10.1. The van der Waals surface area contributed by atoms with Crippen LogP contribution in [0, 0.1) is 0 Å². The second kappa shape index (κ2) is 8.25. The molecule has 0 aliphatic carbocycles. The van der Waals surface area contributed by atoms with Crippen LogP contribution in [0.5, 0.6) is 0 Å². The van der Waals surface area contributed by atoms with Crippen LogP contribution >= 0.6 is 0 Å². The summed E-state index contributed by atoms with van der Waals surface area (Å²) in [5, 5.41) is 0. The van der Waals surface area contributed by atoms with Crippen LogP contribution in [-0.4, -0.2) is 6.29 Å². The van der Waals surface area contributed by atoms with Gasteiger partial charge in [-0.1, -0.05) is 17.7 Å². The minimum Gasteiger partial charge on any atom is -0.303 e. The van der Waals surface area contributed by atoms with Crippen molar-refractivity contribution in [3.63, 3.8) is 0 Å². The number of rotatable bonds is 7. The summed E-state index contributed by atoms with van der Waals surface area (Å²) in [4.78, 5) is 10.0. The van der Waals surface area contributed by atoms with Crippen LogP contribution in [-0.2, 0) is 4.79 Å². The lowest BCUT2D eigenvalue weighted by Crippen LogP contribution is -1.79. The maximum Gasteiger partial charge on any atom is 0.120 e. The van der Waals surface area contributed by atoms with Gasteiger partial charge < -0.3 is 4.79 Å². The average Bonchev–Trinajstić information content (AvgIpc) is 2.09. The fourth-order valence-corrected chi connectivity index (χ4v) is 0.999. The molecule has 0 atom stereocenters. The van der Waals surface area contributed by atoms with E-state index < -0.39 is 0 Å². The smallest absolute Gasteiger partial charge is 0.120 e. The second-order valence-electron chi connectivity index (χ2n) is 2.98. The maximum atomic E-state index is 10.0. The van der Waals surface area contributed by atoms with Crippen molar-refractivity contribution in [3.8, 4) is 0 Å². The largest absolute Gasteiger partial charge is 0.303 e. The maximum absolute atomic E-state index is 10.0. The Hall–Kier alpha value is -0.850. The molecule has 1 nitrogen and oxygen atoms in total. The van der Waals surface area contributed by atoms with Gasteiger partial charge in [0.2, 0.25) is 0 Å². The Kier molecular flexibility index (Phi) is 7.66. The van der Waals surface area contributed by atoms with E-state index in [1.54, 1.807) is 0 Å². The molecule has 68 valence electrons. The number of carbonyl (C=O) groups excluding carboxylic acids is 1. The SMILES string of the molecule is C=CCCC/C=C(\C)CCC=O. The quantitative estimate of drug-likeness (QED) is 0.322. The molecule has 0 saturated heterocycles. The van der Waals surface area contributed by atoms with Gasteiger partial charge in [0.25, 0.3) is 0 Å². The Morgan fingerprint density at radius 1 is 1.33 bits per heavy atom. The van der Waals surface area contributed by atoms with Crippen LogP contribution in [0.25, 0.3) is 0 Å². The third-order valence-electron chi connectivity index (χ3n) is 1.76. The van der Waals surface area contributed by atoms with E-state index in [1.807, 2.05) is 6.08 Å². The van der Waals surface area contributed by atoms with Gasteiger partial charge in [-0.05, 0) is 32.6 Å². The summed E-state index contributed by atoms with van der Waals surface area (Å²) in [6.45, 7) is 5.74. The van der Waals surface area contributed by atoms with E-state index in [9.17, 15) is 4.79 Å². The Morgan fingerprint density at radius 2 is 2.08 bits per heavy atom. The molecule has 0 aromatic heterocycles. The number of hydrogen-bond donors (Lipinski definition) is 0. The van der Waals surface area contributed by atoms with Crippen molar-refractivity contribution in [2.45, 2.75) is 39.0 Å². The van der Waals surface area contributed by atoms with Crippen LogP contribution in [0.1, 0.15) is 39.0 Å². The Morgan fingerprint density at radius 3 is 2.67 bits per heavy atom. The van der Waals surface area contributed by atoms with Gasteiger partial charge in [-0.2, -0.15) is 0 Å². The highest BCUT2D eigenvalue weighted by atomic mass is 16.1. The highest BCUT2D eigenvalue weighted by Gasteiger charge is 1.88. The van der Waals surface area contributed by atoms with Crippen molar-refractivity contribution < 1.29 is 4.79 Å². The van der Waals surface area contributed by atoms with Gasteiger partial charge in [0, 0.05) is 6.42 Å². The van der Waals surface area contributed by atoms with Crippen molar-refractivity contribution in [1.82, 2.24) is 0 Å². The molecule has 0 aliphatic heterocycles. The standard InChI is InChI=1S/C11H18O/c1-3-4-5-6-8-11(2)9-7-10-12/h3,8,10H,1,4-7,9H2,2H3/b11-8+. The van der Waals surface area contributed by atoms with E-state index >= 15 is 0 Å². The van der Waals surface area contributed by atoms with Gasteiger partial charge in [0.1, 0.15) is 6.29 Å². The summed E-state index contributed by atoms with van der Waals surface area (Å²) in [7, 11) is 0. The molecule has 0 aromatic rings. The molecule has 0 bridgehead atoms. The van der Waals surface area contributed by atoms with Crippen molar-refractivity contribution in [2.24, 2.45) is 0 Å². The molecule has 0 spiro atoms. The van der Waals surface area contributed by atoms with E-state index in [0.29, 0.717) is 6.42 Å². The first-order chi connectivity index (χ1) is 5.81. The molecule has 0 aromatic carbocycles. The Bertz CT molecular complexity index is 156. The predicted octanol–water partition coefficient (Wildman–Crippen LogP) is 3.27. The molecule has 0 saturated carbocycles. The fraction of sp³-hybridized carbons (Fsp3) is 0.545. The van der Waals surface area contributed by atoms with Crippen LogP contribution < -0.4 is 0 Å². The van der Waals surface area contributed by atoms with Crippen molar-refractivity contribution in [1.29, 1.82) is 0 Å². The van der Waals surface area contributed by atoms with E-state index in [4.69, 9.17) is 0 Å². The van der Waals surface area contributed by atoms with Crippen molar-refractivity contribution in [3.05, 3.63) is 24.3 Å². The monoisotopic (exact) mass is 166 g/mol. The van der Waals surface area contributed by atoms with Crippen LogP contribution in [0.3, 0.4) is 0 Å². The number of unbranched alkanes of at least 4 members (excludes halogenated alkanes) is 2. The van der Waals surface area contributed by atoms with E-state index in [2.05, 4.69) is 19.6 Å². The molecule has 0 radical (unpaired) electrons. The fourth-order valence-electron chi connectivity index (χ4n) is 0.999. The average molecular weight is 166 g/mol. The second-order valence-corrected chi connectivity index (χ2v) is 2.98. The lowest BCUT2D eigenvalue weighted by molar-refractivity contribution is -0.107. The zero-order chi connectivity index (χ0) is 9.23. The minimum absolute atomic E-state index is 0.657. The summed E-state index contributed by atoms with van der Waals surface area (Å²) in [6, 6.07) is 0. The molecule has 0 rings (SSSR count). The summed E-state index contributed by atoms with van der Waals surface area (Å²) < 4.78 is 0. The molecule has 0 fully saturated rings. The van der Waals surface area contributed by atoms with Gasteiger partial charge >= 0.3 is 0 Å². The lowest BCUT2D eigenvalue weighted by Gasteiger charge is -1.96. The van der Waals surface area contributed by atoms with E-state index in [1.165, 1.54) is 12.0 Å². The first-order valence-corrected chi connectivity index (χ1v) is 4.51. The Labute approximate surface area is 75.2 Å². The normalized spacial score (nSPS) is 11.2. The molecule has 12 heavy (non-hydrogen) atoms. The summed E-state index contributed by atoms with van der Waals surface area (Å²) in [5.74, 6) is 0. The molecule has 0 N–H and O–H groups in total. The zero-order valence-electron chi connectivity index (χ0n) is 7.88. The molecule has 1 heteroatoms. The number of allylic oxidation sites excluding steroid dienone is 3. The molecule has 0 unspecified atom stereocenters. The zero-order valence-corrected chi connectivity index (χ0v) is 7.88. The third kappa shape index (κ3) is 7.26. The first-order valence-electron chi connectivity index (χ1n) is 4.51. The minimum atomic E-state index is 0.657. The number of aldehydes is 1. The van der Waals surface area contributed by atoms with E-state index in [0.717, 1.165) is 25.5 Å². The molecular formula is C11H18O. The van der Waals surface area contributed by atoms with Gasteiger partial charge in [-0.15, -0.1) is 6.58 Å². The predicted molar refractivity (Wildman–Crippen MR) is 53.1 cm³/mol. The first kappa shape index (κ1) is 11.2. The number of carbonyl (C=O) groups is 1. The van der Waals surface area contributed by atoms with Crippen LogP contribution in [0.15, 0.2) is 24.3 Å². The van der Waals surface area contributed by atoms with Crippen LogP contribution in [0.4, 0.5) is 0 Å². The van der Waals surface area contributed by atoms with Gasteiger partial charge in [-0.25, -0.2) is 0 Å². The van der Waals surface area contributed by atoms with Gasteiger partial charge in [0.05, 0.1) is 0 Å². The summed E-state index contributed by atoms with van der Waals surface area (Å²) >= 11 is 0. The summed E-state index contributed by atoms with van der Waals surface area (Å²) in [6.07, 6.45) is 10.1. The van der Waals surface area contributed by atoms with E-state index in [-0.39, 0.29) is 0 Å². The van der Waals surface area contributed by atoms with Crippen molar-refractivity contribution in [2.75, 3.05) is 0 Å². The van der Waals surface area contributed by atoms with Gasteiger partial charge in [0.15, 0.2) is 0 Å². The number of hydrogen-bond acceptors (Lipinski definition) is 1. The van der Waals surface area contributed by atoms with Crippen LogP contribution in [0.2, 0.25) is 0 Å². The highest BCUT2D eigenvalue weighted by molar-refractivity contribution is 5.49. The highest BCUT2D eigenvalue weighted by Crippen LogP contribution is 2.06. The molecule has 0 aliphatic rings. The van der Waals surface area contributed by atoms with Gasteiger partial charge in [-0.3, -0.25) is 0 Å². The molecule has 0 heterocycles. The third-order valence-corrected chi connectivity index (χ3v) is 1.76.